The lowest BCUT2D eigenvalue weighted by molar-refractivity contribution is -0.134. The summed E-state index contributed by atoms with van der Waals surface area (Å²) in [5.41, 5.74) is 1.40. The van der Waals surface area contributed by atoms with E-state index in [1.807, 2.05) is 42.2 Å². The number of carbonyl (C=O) groups is 2. The van der Waals surface area contributed by atoms with Gasteiger partial charge in [-0.05, 0) is 30.7 Å². The number of aliphatic hydroxyl groups excluding tert-OH is 1. The van der Waals surface area contributed by atoms with Crippen LogP contribution < -0.4 is 0 Å². The summed E-state index contributed by atoms with van der Waals surface area (Å²) in [5, 5.41) is 8.90. The number of aromatic nitrogens is 2. The molecular weight excluding hydrogens is 354 g/mol. The van der Waals surface area contributed by atoms with Gasteiger partial charge in [0.05, 0.1) is 11.5 Å². The third-order valence-corrected chi connectivity index (χ3v) is 5.71. The zero-order valence-corrected chi connectivity index (χ0v) is 16.5. The maximum absolute atomic E-state index is 12.8. The van der Waals surface area contributed by atoms with E-state index in [4.69, 9.17) is 5.11 Å². The molecule has 1 aromatic carbocycles. The first kappa shape index (κ1) is 20.1. The van der Waals surface area contributed by atoms with Crippen LogP contribution in [0.25, 0.3) is 0 Å². The van der Waals surface area contributed by atoms with Gasteiger partial charge in [0.25, 0.3) is 0 Å². The Labute approximate surface area is 165 Å². The van der Waals surface area contributed by atoms with Crippen molar-refractivity contribution in [1.82, 2.24) is 14.9 Å². The van der Waals surface area contributed by atoms with Crippen molar-refractivity contribution < 1.29 is 14.7 Å². The van der Waals surface area contributed by atoms with Crippen LogP contribution in [0.2, 0.25) is 0 Å². The summed E-state index contributed by atoms with van der Waals surface area (Å²) in [6.07, 6.45) is 5.44. The van der Waals surface area contributed by atoms with Crippen molar-refractivity contribution in [1.29, 1.82) is 0 Å². The van der Waals surface area contributed by atoms with E-state index in [2.05, 4.69) is 16.9 Å². The van der Waals surface area contributed by atoms with E-state index in [1.165, 1.54) is 12.4 Å². The minimum atomic E-state index is -0.536. The molecule has 28 heavy (non-hydrogen) atoms. The molecule has 2 heterocycles. The zero-order valence-electron chi connectivity index (χ0n) is 16.5. The van der Waals surface area contributed by atoms with Crippen molar-refractivity contribution in [2.45, 2.75) is 39.0 Å². The highest BCUT2D eigenvalue weighted by molar-refractivity contribution is 5.96. The van der Waals surface area contributed by atoms with Crippen LogP contribution in [0.5, 0.6) is 0 Å². The number of benzene rings is 1. The summed E-state index contributed by atoms with van der Waals surface area (Å²) < 4.78 is 0. The normalized spacial score (nSPS) is 17.2. The maximum Gasteiger partial charge on any atom is 0.229 e. The predicted molar refractivity (Wildman–Crippen MR) is 106 cm³/mol. The smallest absolute Gasteiger partial charge is 0.229 e. The molecule has 2 aromatic rings. The third-order valence-electron chi connectivity index (χ3n) is 5.71. The van der Waals surface area contributed by atoms with Crippen LogP contribution in [-0.2, 0) is 11.2 Å². The fraction of sp³-hybridized carbons (Fsp3) is 0.455. The highest BCUT2D eigenvalue weighted by atomic mass is 16.3. The maximum atomic E-state index is 12.8. The quantitative estimate of drug-likeness (QED) is 0.778. The van der Waals surface area contributed by atoms with Crippen molar-refractivity contribution >= 4 is 11.7 Å². The molecule has 1 N–H and O–H groups in total. The van der Waals surface area contributed by atoms with Gasteiger partial charge in [-0.3, -0.25) is 9.59 Å². The van der Waals surface area contributed by atoms with Gasteiger partial charge in [-0.2, -0.15) is 0 Å². The molecule has 6 nitrogen and oxygen atoms in total. The number of hydrogen-bond donors (Lipinski definition) is 1. The van der Waals surface area contributed by atoms with E-state index in [-0.39, 0.29) is 23.0 Å². The Morgan fingerprint density at radius 2 is 1.75 bits per heavy atom. The average molecular weight is 381 g/mol. The molecule has 0 aliphatic carbocycles. The summed E-state index contributed by atoms with van der Waals surface area (Å²) >= 11 is 0. The summed E-state index contributed by atoms with van der Waals surface area (Å²) in [5.74, 6) is 0.355. The number of nitrogens with zero attached hydrogens (tertiary/aromatic N) is 3. The lowest BCUT2D eigenvalue weighted by Gasteiger charge is -2.40. The van der Waals surface area contributed by atoms with Gasteiger partial charge in [-0.1, -0.05) is 37.3 Å². The van der Waals surface area contributed by atoms with Gasteiger partial charge in [0, 0.05) is 31.9 Å². The molecular formula is C22H27N3O3. The van der Waals surface area contributed by atoms with Gasteiger partial charge in [0.15, 0.2) is 5.78 Å². The van der Waals surface area contributed by atoms with E-state index in [1.54, 1.807) is 0 Å². The van der Waals surface area contributed by atoms with E-state index in [0.29, 0.717) is 17.8 Å². The number of ketones is 1. The summed E-state index contributed by atoms with van der Waals surface area (Å²) in [7, 11) is 0. The topological polar surface area (TPSA) is 83.4 Å². The first-order valence-electron chi connectivity index (χ1n) is 9.70. The van der Waals surface area contributed by atoms with Crippen LogP contribution >= 0.6 is 0 Å². The van der Waals surface area contributed by atoms with E-state index in [0.717, 1.165) is 31.5 Å². The zero-order chi connectivity index (χ0) is 20.1. The van der Waals surface area contributed by atoms with E-state index >= 15 is 0 Å². The number of likely N-dealkylation sites (tertiary alicyclic amines) is 1. The number of rotatable bonds is 6. The van der Waals surface area contributed by atoms with Crippen molar-refractivity contribution in [2.75, 3.05) is 19.7 Å². The number of piperidine rings is 1. The van der Waals surface area contributed by atoms with Crippen LogP contribution in [-0.4, -0.2) is 51.4 Å². The molecule has 0 bridgehead atoms. The minimum Gasteiger partial charge on any atom is -0.388 e. The van der Waals surface area contributed by atoms with Crippen LogP contribution in [0.3, 0.4) is 0 Å². The number of hydrogen-bond acceptors (Lipinski definition) is 5. The Morgan fingerprint density at radius 1 is 1.14 bits per heavy atom. The Bertz CT molecular complexity index is 813. The highest BCUT2D eigenvalue weighted by Gasteiger charge is 2.34. The van der Waals surface area contributed by atoms with Crippen molar-refractivity contribution in [3.8, 4) is 0 Å². The lowest BCUT2D eigenvalue weighted by atomic mass is 9.77. The van der Waals surface area contributed by atoms with Crippen molar-refractivity contribution in [3.63, 3.8) is 0 Å². The van der Waals surface area contributed by atoms with Crippen LogP contribution in [0.4, 0.5) is 0 Å². The second-order valence-electron chi connectivity index (χ2n) is 7.91. The molecule has 0 saturated carbocycles. The van der Waals surface area contributed by atoms with Gasteiger partial charge in [-0.15, -0.1) is 0 Å². The molecule has 3 rings (SSSR count). The monoisotopic (exact) mass is 381 g/mol. The average Bonchev–Trinajstić information content (AvgIpc) is 2.73. The number of aliphatic hydroxyl groups is 1. The van der Waals surface area contributed by atoms with E-state index in [9.17, 15) is 9.59 Å². The lowest BCUT2D eigenvalue weighted by Crippen LogP contribution is -2.44. The van der Waals surface area contributed by atoms with Crippen LogP contribution in [0.15, 0.2) is 42.7 Å². The van der Waals surface area contributed by atoms with Gasteiger partial charge in [0.2, 0.25) is 5.91 Å². The SMILES string of the molecule is C[C@@H](C(=O)N1CCC(C)(Cc2ncc(C(=O)CO)cn2)CC1)c1ccccc1. The standard InChI is InChI=1S/C22H27N3O3/c1-16(17-6-4-3-5-7-17)21(28)25-10-8-22(2,9-11-25)12-20-23-13-18(14-24-20)19(27)15-26/h3-7,13-14,16,26H,8-12,15H2,1-2H3/t16-/m1/s1. The molecule has 1 amide bonds. The molecule has 0 radical (unpaired) electrons. The molecule has 0 unspecified atom stereocenters. The molecule has 148 valence electrons. The summed E-state index contributed by atoms with van der Waals surface area (Å²) in [4.78, 5) is 34.8. The fourth-order valence-corrected chi connectivity index (χ4v) is 3.66. The molecule has 1 saturated heterocycles. The Balaban J connectivity index is 1.57. The highest BCUT2D eigenvalue weighted by Crippen LogP contribution is 2.34. The van der Waals surface area contributed by atoms with Gasteiger partial charge in [0.1, 0.15) is 12.4 Å². The largest absolute Gasteiger partial charge is 0.388 e. The summed E-state index contributed by atoms with van der Waals surface area (Å²) in [6.45, 7) is 5.09. The van der Waals surface area contributed by atoms with Gasteiger partial charge in [-0.25, -0.2) is 9.97 Å². The molecule has 1 fully saturated rings. The van der Waals surface area contributed by atoms with Crippen LogP contribution in [0.1, 0.15) is 54.4 Å². The summed E-state index contributed by atoms with van der Waals surface area (Å²) in [6, 6.07) is 9.89. The van der Waals surface area contributed by atoms with Crippen LogP contribution in [0, 0.1) is 5.41 Å². The Kier molecular flexibility index (Phi) is 6.19. The number of Topliss-reactive ketones (excluding diaryl/α,β-unsaturated/α-hetero) is 1. The van der Waals surface area contributed by atoms with Crippen molar-refractivity contribution in [2.24, 2.45) is 5.41 Å². The number of carbonyl (C=O) groups excluding carboxylic acids is 2. The molecule has 1 aromatic heterocycles. The van der Waals surface area contributed by atoms with Gasteiger partial charge < -0.3 is 10.0 Å². The molecule has 1 aliphatic rings. The molecule has 1 aliphatic heterocycles. The minimum absolute atomic E-state index is 0.0231. The molecule has 6 heteroatoms. The Morgan fingerprint density at radius 3 is 2.32 bits per heavy atom. The number of amides is 1. The molecule has 1 atom stereocenters. The van der Waals surface area contributed by atoms with E-state index < -0.39 is 6.61 Å². The predicted octanol–water partition coefficient (Wildman–Crippen LogP) is 2.63. The third kappa shape index (κ3) is 4.62. The molecule has 0 spiro atoms. The first-order valence-corrected chi connectivity index (χ1v) is 9.70. The van der Waals surface area contributed by atoms with Crippen molar-refractivity contribution in [3.05, 3.63) is 59.7 Å². The Hall–Kier alpha value is -2.60. The fourth-order valence-electron chi connectivity index (χ4n) is 3.66. The second kappa shape index (κ2) is 8.61. The first-order chi connectivity index (χ1) is 13.4. The van der Waals surface area contributed by atoms with Gasteiger partial charge >= 0.3 is 0 Å². The second-order valence-corrected chi connectivity index (χ2v) is 7.91.